The molecule has 0 saturated carbocycles. The van der Waals surface area contributed by atoms with Gasteiger partial charge in [0, 0.05) is 38.5 Å². The van der Waals surface area contributed by atoms with Gasteiger partial charge in [-0.3, -0.25) is 4.79 Å². The fraction of sp³-hybridized carbons (Fsp3) is 0.727. The van der Waals surface area contributed by atoms with Gasteiger partial charge in [-0.05, 0) is 12.8 Å². The van der Waals surface area contributed by atoms with Crippen LogP contribution in [-0.4, -0.2) is 42.9 Å². The van der Waals surface area contributed by atoms with E-state index in [1.807, 2.05) is 17.1 Å². The number of amides is 1. The van der Waals surface area contributed by atoms with Crippen molar-refractivity contribution in [3.8, 4) is 0 Å². The Hall–Kier alpha value is -0.540. The summed E-state index contributed by atoms with van der Waals surface area (Å²) in [6.07, 6.45) is 6.81. The number of carbonyl (C=O) groups excluding carboxylic acids is 1. The molecule has 1 fully saturated rings. The third-order valence-corrected chi connectivity index (χ3v) is 2.67. The molecule has 0 unspecified atom stereocenters. The molecule has 1 N–H and O–H groups in total. The fourth-order valence-electron chi connectivity index (χ4n) is 1.65. The van der Waals surface area contributed by atoms with E-state index in [2.05, 4.69) is 5.32 Å². The quantitative estimate of drug-likeness (QED) is 0.425. The Bertz CT molecular complexity index is 213. The molecule has 0 bridgehead atoms. The summed E-state index contributed by atoms with van der Waals surface area (Å²) < 4.78 is 0. The maximum atomic E-state index is 11.6. The van der Waals surface area contributed by atoms with Crippen molar-refractivity contribution in [2.75, 3.05) is 32.1 Å². The summed E-state index contributed by atoms with van der Waals surface area (Å²) in [6, 6.07) is 0. The molecule has 4 heteroatoms. The lowest BCUT2D eigenvalue weighted by atomic mass is 10.3. The minimum absolute atomic E-state index is 0.279. The van der Waals surface area contributed by atoms with E-state index in [0.29, 0.717) is 12.3 Å². The molecular weight excluding hydrogens is 212 g/mol. The van der Waals surface area contributed by atoms with Crippen LogP contribution in [0, 0.1) is 0 Å². The number of allylic oxidation sites excluding steroid dienone is 1. The van der Waals surface area contributed by atoms with Gasteiger partial charge in [-0.15, -0.1) is 11.6 Å². The van der Waals surface area contributed by atoms with E-state index >= 15 is 0 Å². The third kappa shape index (κ3) is 5.19. The van der Waals surface area contributed by atoms with Crippen molar-refractivity contribution in [1.82, 2.24) is 10.2 Å². The first-order valence-electron chi connectivity index (χ1n) is 5.54. The van der Waals surface area contributed by atoms with Gasteiger partial charge >= 0.3 is 0 Å². The zero-order valence-electron chi connectivity index (χ0n) is 9.04. The van der Waals surface area contributed by atoms with Crippen LogP contribution in [0.2, 0.25) is 0 Å². The molecule has 0 aliphatic carbocycles. The first kappa shape index (κ1) is 12.5. The maximum Gasteiger partial charge on any atom is 0.223 e. The first-order chi connectivity index (χ1) is 7.34. The molecule has 1 aliphatic rings. The van der Waals surface area contributed by atoms with Crippen molar-refractivity contribution < 1.29 is 4.79 Å². The van der Waals surface area contributed by atoms with Gasteiger partial charge in [-0.2, -0.15) is 0 Å². The molecule has 0 radical (unpaired) electrons. The lowest BCUT2D eigenvalue weighted by Gasteiger charge is -2.14. The third-order valence-electron chi connectivity index (χ3n) is 2.49. The zero-order valence-corrected chi connectivity index (χ0v) is 9.80. The van der Waals surface area contributed by atoms with Crippen LogP contribution in [0.5, 0.6) is 0 Å². The minimum atomic E-state index is 0.279. The standard InChI is InChI=1S/C11H19ClN2O/c12-6-1-2-7-13-8-5-11(15)14-9-3-4-10-14/h1-2,13H,3-10H2/b2-1+. The summed E-state index contributed by atoms with van der Waals surface area (Å²) in [5, 5.41) is 3.18. The SMILES string of the molecule is O=C(CCNC/C=C/CCl)N1CCCC1. The summed E-state index contributed by atoms with van der Waals surface area (Å²) in [6.45, 7) is 3.44. The van der Waals surface area contributed by atoms with Crippen molar-refractivity contribution in [3.05, 3.63) is 12.2 Å². The number of carbonyl (C=O) groups is 1. The van der Waals surface area contributed by atoms with E-state index < -0.39 is 0 Å². The summed E-state index contributed by atoms with van der Waals surface area (Å²) >= 11 is 5.48. The van der Waals surface area contributed by atoms with Gasteiger partial charge < -0.3 is 10.2 Å². The highest BCUT2D eigenvalue weighted by Crippen LogP contribution is 2.08. The predicted octanol–water partition coefficient (Wildman–Crippen LogP) is 1.38. The summed E-state index contributed by atoms with van der Waals surface area (Å²) in [5.74, 6) is 0.829. The molecule has 1 heterocycles. The molecule has 86 valence electrons. The molecule has 0 spiro atoms. The number of likely N-dealkylation sites (tertiary alicyclic amines) is 1. The molecule has 1 saturated heterocycles. The van der Waals surface area contributed by atoms with Crippen LogP contribution < -0.4 is 5.32 Å². The van der Waals surface area contributed by atoms with Gasteiger partial charge in [-0.25, -0.2) is 0 Å². The number of halogens is 1. The lowest BCUT2D eigenvalue weighted by molar-refractivity contribution is -0.130. The number of rotatable bonds is 6. The van der Waals surface area contributed by atoms with Gasteiger partial charge in [0.2, 0.25) is 5.91 Å². The predicted molar refractivity (Wildman–Crippen MR) is 63.2 cm³/mol. The smallest absolute Gasteiger partial charge is 0.223 e. The first-order valence-corrected chi connectivity index (χ1v) is 6.07. The molecule has 1 aliphatic heterocycles. The number of nitrogens with one attached hydrogen (secondary N) is 1. The van der Waals surface area contributed by atoms with E-state index in [4.69, 9.17) is 11.6 Å². The van der Waals surface area contributed by atoms with Gasteiger partial charge in [-0.1, -0.05) is 12.2 Å². The zero-order chi connectivity index (χ0) is 10.9. The second-order valence-corrected chi connectivity index (χ2v) is 3.98. The largest absolute Gasteiger partial charge is 0.343 e. The van der Waals surface area contributed by atoms with E-state index in [1.165, 1.54) is 0 Å². The Labute approximate surface area is 96.5 Å². The molecule has 0 atom stereocenters. The van der Waals surface area contributed by atoms with Crippen molar-refractivity contribution in [2.45, 2.75) is 19.3 Å². The van der Waals surface area contributed by atoms with Crippen molar-refractivity contribution >= 4 is 17.5 Å². The van der Waals surface area contributed by atoms with Crippen molar-refractivity contribution in [3.63, 3.8) is 0 Å². The van der Waals surface area contributed by atoms with Crippen molar-refractivity contribution in [2.24, 2.45) is 0 Å². The molecule has 1 amide bonds. The van der Waals surface area contributed by atoms with E-state index in [0.717, 1.165) is 39.0 Å². The summed E-state index contributed by atoms with van der Waals surface area (Å²) in [4.78, 5) is 13.5. The molecule has 1 rings (SSSR count). The number of hydrogen-bond acceptors (Lipinski definition) is 2. The van der Waals surface area contributed by atoms with Crippen LogP contribution in [0.1, 0.15) is 19.3 Å². The van der Waals surface area contributed by atoms with Gasteiger partial charge in [0.1, 0.15) is 0 Å². The highest BCUT2D eigenvalue weighted by molar-refractivity contribution is 6.18. The molecule has 0 aromatic carbocycles. The van der Waals surface area contributed by atoms with E-state index in [9.17, 15) is 4.79 Å². The van der Waals surface area contributed by atoms with Crippen molar-refractivity contribution in [1.29, 1.82) is 0 Å². The minimum Gasteiger partial charge on any atom is -0.343 e. The Morgan fingerprint density at radius 2 is 2.07 bits per heavy atom. The van der Waals surface area contributed by atoms with E-state index in [-0.39, 0.29) is 5.91 Å². The Morgan fingerprint density at radius 1 is 1.33 bits per heavy atom. The van der Waals surface area contributed by atoms with Crippen LogP contribution in [0.3, 0.4) is 0 Å². The maximum absolute atomic E-state index is 11.6. The van der Waals surface area contributed by atoms with E-state index in [1.54, 1.807) is 0 Å². The summed E-state index contributed by atoms with van der Waals surface area (Å²) in [5.41, 5.74) is 0. The normalized spacial score (nSPS) is 16.5. The highest BCUT2D eigenvalue weighted by atomic mass is 35.5. The van der Waals surface area contributed by atoms with Crippen LogP contribution in [-0.2, 0) is 4.79 Å². The van der Waals surface area contributed by atoms with Crippen LogP contribution in [0.15, 0.2) is 12.2 Å². The Morgan fingerprint density at radius 3 is 2.73 bits per heavy atom. The van der Waals surface area contributed by atoms with Gasteiger partial charge in [0.25, 0.3) is 0 Å². The molecule has 0 aromatic rings. The van der Waals surface area contributed by atoms with Crippen LogP contribution >= 0.6 is 11.6 Å². The van der Waals surface area contributed by atoms with Gasteiger partial charge in [0.05, 0.1) is 0 Å². The Balaban J connectivity index is 1.99. The van der Waals surface area contributed by atoms with Crippen LogP contribution in [0.25, 0.3) is 0 Å². The second-order valence-electron chi connectivity index (χ2n) is 3.67. The average Bonchev–Trinajstić information content (AvgIpc) is 2.76. The van der Waals surface area contributed by atoms with Gasteiger partial charge in [0.15, 0.2) is 0 Å². The highest BCUT2D eigenvalue weighted by Gasteiger charge is 2.16. The topological polar surface area (TPSA) is 32.3 Å². The molecular formula is C11H19ClN2O. The number of nitrogens with zero attached hydrogens (tertiary/aromatic N) is 1. The monoisotopic (exact) mass is 230 g/mol. The Kier molecular flexibility index (Phi) is 6.44. The lowest BCUT2D eigenvalue weighted by Crippen LogP contribution is -2.30. The molecule has 0 aromatic heterocycles. The number of hydrogen-bond donors (Lipinski definition) is 1. The second kappa shape index (κ2) is 7.71. The average molecular weight is 231 g/mol. The molecule has 15 heavy (non-hydrogen) atoms. The fourth-order valence-corrected chi connectivity index (χ4v) is 1.78. The molecule has 3 nitrogen and oxygen atoms in total. The summed E-state index contributed by atoms with van der Waals surface area (Å²) in [7, 11) is 0. The number of alkyl halides is 1. The van der Waals surface area contributed by atoms with Crippen LogP contribution in [0.4, 0.5) is 0 Å².